The van der Waals surface area contributed by atoms with Crippen molar-refractivity contribution in [3.63, 3.8) is 0 Å². The van der Waals surface area contributed by atoms with Crippen LogP contribution in [0.4, 0.5) is 5.69 Å². The molecule has 3 aromatic carbocycles. The van der Waals surface area contributed by atoms with E-state index in [9.17, 15) is 59.3 Å². The first kappa shape index (κ1) is 60.0. The van der Waals surface area contributed by atoms with Crippen LogP contribution in [0.5, 0.6) is 23.0 Å². The number of hydrogen-bond acceptors (Lipinski definition) is 16. The first-order chi connectivity index (χ1) is 36.2. The molecule has 4 bridgehead atoms. The molecule has 3 aliphatic heterocycles. The number of carbonyl (C=O) groups excluding carboxylic acids is 5. The Morgan fingerprint density at radius 3 is 2.17 bits per heavy atom. The Morgan fingerprint density at radius 2 is 1.55 bits per heavy atom. The van der Waals surface area contributed by atoms with Crippen LogP contribution in [0.15, 0.2) is 60.7 Å². The number of carboxylic acids is 1. The average molecular weight is 1060 g/mol. The number of aliphatic hydroxyl groups excluding tert-OH is 3. The normalized spacial score (nSPS) is 22.5. The number of ether oxygens (including phenoxy) is 4. The molecule has 3 heterocycles. The molecule has 6 unspecified atom stereocenters. The molecule has 0 aromatic heterocycles. The third-order valence-corrected chi connectivity index (χ3v) is 13.0. The van der Waals surface area contributed by atoms with Gasteiger partial charge in [0, 0.05) is 32.3 Å². The zero-order valence-electron chi connectivity index (χ0n) is 43.5. The summed E-state index contributed by atoms with van der Waals surface area (Å²) in [5, 5.41) is 69.3. The lowest BCUT2D eigenvalue weighted by atomic mass is 9.96. The number of carbonyl (C=O) groups is 6. The molecular formula is C53H73N7O16. The second-order valence-electron chi connectivity index (χ2n) is 19.6. The fraction of sp³-hybridized carbons (Fsp3) is 0.547. The van der Waals surface area contributed by atoms with Gasteiger partial charge in [0.2, 0.25) is 47.3 Å². The number of unbranched alkanes of at least 4 members (excludes halogenated alkanes) is 8. The summed E-state index contributed by atoms with van der Waals surface area (Å²) in [5.41, 5.74) is 6.02. The lowest BCUT2D eigenvalue weighted by molar-refractivity contribution is -0.385. The van der Waals surface area contributed by atoms with Crippen molar-refractivity contribution in [1.29, 1.82) is 0 Å². The van der Waals surface area contributed by atoms with Crippen LogP contribution in [0.25, 0.3) is 0 Å². The number of nitro groups is 1. The van der Waals surface area contributed by atoms with Gasteiger partial charge in [-0.25, -0.2) is 4.79 Å². The quantitative estimate of drug-likeness (QED) is 0.0349. The Morgan fingerprint density at radius 1 is 0.882 bits per heavy atom. The maximum Gasteiger partial charge on any atom is 0.328 e. The van der Waals surface area contributed by atoms with Gasteiger partial charge >= 0.3 is 11.7 Å². The van der Waals surface area contributed by atoms with E-state index in [1.165, 1.54) is 25.0 Å². The summed E-state index contributed by atoms with van der Waals surface area (Å²) >= 11 is 0. The first-order valence-corrected chi connectivity index (χ1v) is 25.7. The third kappa shape index (κ3) is 17.0. The van der Waals surface area contributed by atoms with Crippen LogP contribution in [0.3, 0.4) is 0 Å². The fourth-order valence-corrected chi connectivity index (χ4v) is 9.05. The molecule has 1 saturated heterocycles. The lowest BCUT2D eigenvalue weighted by Crippen LogP contribution is -2.65. The number of methoxy groups -OCH3 is 1. The van der Waals surface area contributed by atoms with E-state index in [1.54, 1.807) is 30.3 Å². The maximum atomic E-state index is 14.9. The monoisotopic (exact) mass is 1060 g/mol. The molecule has 0 aliphatic carbocycles. The van der Waals surface area contributed by atoms with Gasteiger partial charge in [0.25, 0.3) is 0 Å². The van der Waals surface area contributed by atoms with E-state index >= 15 is 0 Å². The maximum absolute atomic E-state index is 14.9. The predicted molar refractivity (Wildman–Crippen MR) is 275 cm³/mol. The average Bonchev–Trinajstić information content (AvgIpc) is 3.36. The molecular weight excluding hydrogens is 991 g/mol. The van der Waals surface area contributed by atoms with Crippen LogP contribution in [0, 0.1) is 16.0 Å². The van der Waals surface area contributed by atoms with E-state index in [2.05, 4.69) is 33.5 Å². The van der Waals surface area contributed by atoms with Gasteiger partial charge in [0.15, 0.2) is 23.8 Å². The van der Waals surface area contributed by atoms with Crippen molar-refractivity contribution in [3.8, 4) is 23.0 Å². The SMILES string of the molecule is CCCCCCCCCCCC(=O)NC1C(Oc2cc3cc(c2OC)Oc2ccc(cc2[N+](=O)[O-])C[C@@H](NC(=O)[C@H](N)CC(C)C)C(=O)N[C@@H](Cc2ccccc2)C(=O)NC3[C@@H](NC(C)=O)C(=O)O)OC(O)C(O)C1O. The third-order valence-electron chi connectivity index (χ3n) is 13.0. The topological polar surface area (TPSA) is 350 Å². The Kier molecular flexibility index (Phi) is 22.7. The highest BCUT2D eigenvalue weighted by molar-refractivity contribution is 5.94. The highest BCUT2D eigenvalue weighted by Gasteiger charge is 2.47. The number of nitrogens with two attached hydrogens (primary N) is 1. The number of aliphatic carboxylic acids is 1. The van der Waals surface area contributed by atoms with E-state index in [4.69, 9.17) is 24.7 Å². The predicted octanol–water partition coefficient (Wildman–Crippen LogP) is 3.47. The number of nitrogens with one attached hydrogen (secondary N) is 5. The number of nitro benzene ring substituents is 1. The number of carboxylic acid groups (broad SMARTS) is 1. The van der Waals surface area contributed by atoms with Crippen LogP contribution in [-0.4, -0.2) is 123 Å². The van der Waals surface area contributed by atoms with Crippen LogP contribution >= 0.6 is 0 Å². The summed E-state index contributed by atoms with van der Waals surface area (Å²) in [5.74, 6) is -7.35. The molecule has 0 spiro atoms. The molecule has 11 N–H and O–H groups in total. The molecule has 3 aromatic rings. The van der Waals surface area contributed by atoms with Crippen molar-refractivity contribution >= 4 is 41.2 Å². The molecule has 6 rings (SSSR count). The molecule has 76 heavy (non-hydrogen) atoms. The molecule has 3 aliphatic rings. The number of hydrogen-bond donors (Lipinski definition) is 10. The van der Waals surface area contributed by atoms with Gasteiger partial charge in [0.1, 0.15) is 30.3 Å². The van der Waals surface area contributed by atoms with E-state index in [0.29, 0.717) is 12.0 Å². The summed E-state index contributed by atoms with van der Waals surface area (Å²) in [4.78, 5) is 94.3. The Hall–Kier alpha value is -6.92. The molecule has 0 radical (unpaired) electrons. The van der Waals surface area contributed by atoms with Crippen LogP contribution < -0.4 is 46.5 Å². The molecule has 23 heteroatoms. The van der Waals surface area contributed by atoms with Gasteiger partial charge in [-0.3, -0.25) is 34.1 Å². The summed E-state index contributed by atoms with van der Waals surface area (Å²) in [7, 11) is 1.16. The van der Waals surface area contributed by atoms with E-state index in [1.807, 2.05) is 13.8 Å². The first-order valence-electron chi connectivity index (χ1n) is 25.7. The number of aliphatic hydroxyl groups is 3. The van der Waals surface area contributed by atoms with Crippen molar-refractivity contribution in [2.75, 3.05) is 7.11 Å². The zero-order chi connectivity index (χ0) is 55.6. The largest absolute Gasteiger partial charge is 0.490 e. The van der Waals surface area contributed by atoms with E-state index in [0.717, 1.165) is 70.8 Å². The van der Waals surface area contributed by atoms with Crippen molar-refractivity contribution in [2.24, 2.45) is 11.7 Å². The van der Waals surface area contributed by atoms with Gasteiger partial charge in [-0.05, 0) is 53.6 Å². The van der Waals surface area contributed by atoms with Crippen LogP contribution in [0.1, 0.15) is 121 Å². The Balaban J connectivity index is 1.65. The smallest absolute Gasteiger partial charge is 0.328 e. The second kappa shape index (κ2) is 28.8. The summed E-state index contributed by atoms with van der Waals surface area (Å²) in [6.45, 7) is 6.87. The van der Waals surface area contributed by atoms with Gasteiger partial charge in [-0.1, -0.05) is 109 Å². The number of rotatable bonds is 24. The number of nitrogens with zero attached hydrogens (tertiary/aromatic N) is 1. The van der Waals surface area contributed by atoms with Crippen LogP contribution in [-0.2, 0) is 46.3 Å². The molecule has 1 fully saturated rings. The van der Waals surface area contributed by atoms with E-state index in [-0.39, 0.29) is 48.5 Å². The molecule has 10 atom stereocenters. The minimum absolute atomic E-state index is 0.0132. The van der Waals surface area contributed by atoms with Crippen molar-refractivity contribution < 1.29 is 73.1 Å². The standard InChI is InChI=1S/C53H73N7O16/c1-6-7-8-9-10-11-12-13-17-20-41(62)58-44-45(63)46(64)52(70)76-53(44)75-40-28-33-27-39(47(40)73-5)74-38-22-21-32(26-37(38)60(71)72)25-36(56-48(65)34(54)23-29(2)3)49(66)57-35(24-31-18-15-14-16-19-31)50(67)59-42(33)43(51(68)69)55-30(4)61/h14-16,18-19,21-22,26-29,34-36,42-46,52-53,63-64,70H,6-13,17,20,23-25,54H2,1-5H3,(H,55,61)(H,56,65)(H,57,66)(H,58,62)(H,59,67)(H,68,69)/t34-,35+,36-,42?,43-,44?,45?,46?,52?,53?/m1/s1. The summed E-state index contributed by atoms with van der Waals surface area (Å²) in [6, 6.07) is 4.94. The van der Waals surface area contributed by atoms with Crippen molar-refractivity contribution in [2.45, 2.75) is 172 Å². The number of amides is 5. The lowest BCUT2D eigenvalue weighted by Gasteiger charge is -2.41. The fourth-order valence-electron chi connectivity index (χ4n) is 9.05. The molecule has 0 saturated carbocycles. The van der Waals surface area contributed by atoms with Gasteiger partial charge in [-0.2, -0.15) is 0 Å². The van der Waals surface area contributed by atoms with Crippen molar-refractivity contribution in [1.82, 2.24) is 26.6 Å². The Labute approximate surface area is 441 Å². The highest BCUT2D eigenvalue weighted by atomic mass is 16.7. The second-order valence-corrected chi connectivity index (χ2v) is 19.6. The molecule has 416 valence electrons. The van der Waals surface area contributed by atoms with Gasteiger partial charge in [0.05, 0.1) is 24.1 Å². The molecule has 23 nitrogen and oxygen atoms in total. The van der Waals surface area contributed by atoms with Crippen molar-refractivity contribution in [3.05, 3.63) is 87.5 Å². The van der Waals surface area contributed by atoms with E-state index < -0.39 is 124 Å². The van der Waals surface area contributed by atoms with Gasteiger partial charge < -0.3 is 71.7 Å². The minimum atomic E-state index is -2.08. The van der Waals surface area contributed by atoms with Gasteiger partial charge in [-0.15, -0.1) is 0 Å². The van der Waals surface area contributed by atoms with Crippen LogP contribution in [0.2, 0.25) is 0 Å². The highest BCUT2D eigenvalue weighted by Crippen LogP contribution is 2.45. The summed E-state index contributed by atoms with van der Waals surface area (Å²) < 4.78 is 23.9. The number of benzene rings is 3. The molecule has 5 amide bonds. The number of fused-ring (bicyclic) bond motifs is 9. The zero-order valence-corrected chi connectivity index (χ0v) is 43.5. The minimum Gasteiger partial charge on any atom is -0.490 e. The Bertz CT molecular complexity index is 2480. The summed E-state index contributed by atoms with van der Waals surface area (Å²) in [6.07, 6.45) is 0.807.